The molecule has 1 N–H and O–H groups in total. The van der Waals surface area contributed by atoms with E-state index in [-0.39, 0.29) is 0 Å². The normalized spacial score (nSPS) is 11.2. The summed E-state index contributed by atoms with van der Waals surface area (Å²) >= 11 is 1.69. The van der Waals surface area contributed by atoms with E-state index in [1.165, 1.54) is 5.56 Å². The van der Waals surface area contributed by atoms with Gasteiger partial charge in [-0.25, -0.2) is 4.68 Å². The van der Waals surface area contributed by atoms with Gasteiger partial charge in [0, 0.05) is 0 Å². The van der Waals surface area contributed by atoms with E-state index in [2.05, 4.69) is 51.5 Å². The van der Waals surface area contributed by atoms with Gasteiger partial charge in [0.1, 0.15) is 0 Å². The summed E-state index contributed by atoms with van der Waals surface area (Å²) in [7, 11) is 0. The Labute approximate surface area is 105 Å². The summed E-state index contributed by atoms with van der Waals surface area (Å²) in [4.78, 5) is 0. The van der Waals surface area contributed by atoms with Crippen LogP contribution in [0.5, 0.6) is 0 Å². The molecule has 0 bridgehead atoms. The third-order valence-corrected chi connectivity index (χ3v) is 3.09. The van der Waals surface area contributed by atoms with Crippen molar-refractivity contribution in [1.29, 1.82) is 0 Å². The molecule has 0 unspecified atom stereocenters. The molecule has 2 aromatic rings. The molecule has 0 atom stereocenters. The Kier molecular flexibility index (Phi) is 4.22. The zero-order valence-electron chi connectivity index (χ0n) is 10.1. The van der Waals surface area contributed by atoms with Crippen LogP contribution in [0.15, 0.2) is 16.8 Å². The highest BCUT2D eigenvalue weighted by molar-refractivity contribution is 7.07. The van der Waals surface area contributed by atoms with Crippen molar-refractivity contribution in [3.05, 3.63) is 28.2 Å². The van der Waals surface area contributed by atoms with Gasteiger partial charge in [-0.05, 0) is 45.3 Å². The van der Waals surface area contributed by atoms with Crippen molar-refractivity contribution >= 4 is 11.3 Å². The van der Waals surface area contributed by atoms with Crippen LogP contribution >= 0.6 is 11.3 Å². The lowest BCUT2D eigenvalue weighted by Gasteiger charge is -2.07. The van der Waals surface area contributed by atoms with E-state index in [1.807, 2.05) is 4.68 Å². The summed E-state index contributed by atoms with van der Waals surface area (Å²) in [6, 6.07) is 2.09. The maximum Gasteiger partial charge on any atom is 0.165 e. The maximum atomic E-state index is 4.04. The van der Waals surface area contributed by atoms with Gasteiger partial charge in [0.25, 0.3) is 0 Å². The first-order valence-corrected chi connectivity index (χ1v) is 6.67. The molecule has 6 heteroatoms. The Morgan fingerprint density at radius 1 is 1.47 bits per heavy atom. The summed E-state index contributed by atoms with van der Waals surface area (Å²) in [5, 5.41) is 19.3. The Balaban J connectivity index is 1.92. The average molecular weight is 251 g/mol. The molecule has 0 aliphatic rings. The van der Waals surface area contributed by atoms with Crippen LogP contribution in [0.2, 0.25) is 0 Å². The zero-order chi connectivity index (χ0) is 12.1. The molecule has 0 spiro atoms. The lowest BCUT2D eigenvalue weighted by atomic mass is 10.2. The fourth-order valence-corrected chi connectivity index (χ4v) is 2.16. The van der Waals surface area contributed by atoms with Gasteiger partial charge in [-0.15, -0.1) is 5.10 Å². The number of hydrogen-bond donors (Lipinski definition) is 1. The summed E-state index contributed by atoms with van der Waals surface area (Å²) in [5.41, 5.74) is 1.24. The first-order valence-electron chi connectivity index (χ1n) is 5.72. The quantitative estimate of drug-likeness (QED) is 0.846. The fraction of sp³-hybridized carbons (Fsp3) is 0.545. The molecule has 0 aliphatic heterocycles. The van der Waals surface area contributed by atoms with Crippen LogP contribution in [0.25, 0.3) is 0 Å². The number of tetrazole rings is 1. The highest BCUT2D eigenvalue weighted by Gasteiger charge is 2.06. The Hall–Kier alpha value is -1.27. The second kappa shape index (κ2) is 5.88. The molecule has 2 heterocycles. The molecule has 2 aromatic heterocycles. The zero-order valence-corrected chi connectivity index (χ0v) is 10.9. The molecule has 0 aliphatic carbocycles. The van der Waals surface area contributed by atoms with E-state index < -0.39 is 0 Å². The molecular formula is C11H17N5S. The van der Waals surface area contributed by atoms with Crippen LogP contribution < -0.4 is 5.32 Å². The Bertz CT molecular complexity index is 434. The number of rotatable bonds is 6. The topological polar surface area (TPSA) is 55.6 Å². The van der Waals surface area contributed by atoms with Crippen molar-refractivity contribution in [1.82, 2.24) is 25.5 Å². The van der Waals surface area contributed by atoms with Crippen molar-refractivity contribution in [2.75, 3.05) is 6.54 Å². The minimum absolute atomic E-state index is 0.635. The lowest BCUT2D eigenvalue weighted by Crippen LogP contribution is -2.22. The predicted molar refractivity (Wildman–Crippen MR) is 67.8 cm³/mol. The van der Waals surface area contributed by atoms with Gasteiger partial charge >= 0.3 is 0 Å². The van der Waals surface area contributed by atoms with E-state index >= 15 is 0 Å². The van der Waals surface area contributed by atoms with Gasteiger partial charge in [0.2, 0.25) is 0 Å². The van der Waals surface area contributed by atoms with Crippen LogP contribution in [0.3, 0.4) is 0 Å². The minimum Gasteiger partial charge on any atom is -0.310 e. The molecule has 17 heavy (non-hydrogen) atoms. The van der Waals surface area contributed by atoms with Crippen molar-refractivity contribution in [2.24, 2.45) is 5.92 Å². The van der Waals surface area contributed by atoms with Gasteiger partial charge in [-0.2, -0.15) is 11.3 Å². The molecule has 0 saturated carbocycles. The molecule has 0 aromatic carbocycles. The van der Waals surface area contributed by atoms with Crippen LogP contribution in [-0.4, -0.2) is 26.8 Å². The number of nitrogens with zero attached hydrogens (tertiary/aromatic N) is 4. The Morgan fingerprint density at radius 2 is 2.35 bits per heavy atom. The first-order chi connectivity index (χ1) is 8.25. The van der Waals surface area contributed by atoms with E-state index in [1.54, 1.807) is 11.3 Å². The van der Waals surface area contributed by atoms with Crippen LogP contribution in [0.4, 0.5) is 0 Å². The molecule has 2 rings (SSSR count). The summed E-state index contributed by atoms with van der Waals surface area (Å²) in [5.74, 6) is 1.52. The second-order valence-electron chi connectivity index (χ2n) is 4.41. The van der Waals surface area contributed by atoms with E-state index in [4.69, 9.17) is 0 Å². The molecule has 0 fully saturated rings. The molecule has 0 amide bonds. The standard InChI is InChI=1S/C11H17N5S/c1-9(2)5-12-6-11-13-14-15-16(11)7-10-3-4-17-8-10/h3-4,8-9,12H,5-7H2,1-2H3. The van der Waals surface area contributed by atoms with Gasteiger partial charge in [0.15, 0.2) is 5.82 Å². The maximum absolute atomic E-state index is 4.04. The van der Waals surface area contributed by atoms with E-state index in [0.29, 0.717) is 5.92 Å². The van der Waals surface area contributed by atoms with Crippen LogP contribution in [0, 0.1) is 5.92 Å². The number of nitrogens with one attached hydrogen (secondary N) is 1. The van der Waals surface area contributed by atoms with E-state index in [9.17, 15) is 0 Å². The highest BCUT2D eigenvalue weighted by Crippen LogP contribution is 2.08. The van der Waals surface area contributed by atoms with Crippen LogP contribution in [-0.2, 0) is 13.1 Å². The lowest BCUT2D eigenvalue weighted by molar-refractivity contribution is 0.523. The third kappa shape index (κ3) is 3.61. The van der Waals surface area contributed by atoms with Crippen molar-refractivity contribution in [3.8, 4) is 0 Å². The SMILES string of the molecule is CC(C)CNCc1nnnn1Cc1ccsc1. The minimum atomic E-state index is 0.635. The third-order valence-electron chi connectivity index (χ3n) is 2.35. The summed E-state index contributed by atoms with van der Waals surface area (Å²) in [6.45, 7) is 6.80. The fourth-order valence-electron chi connectivity index (χ4n) is 1.50. The van der Waals surface area contributed by atoms with Gasteiger partial charge in [-0.1, -0.05) is 13.8 Å². The predicted octanol–water partition coefficient (Wildman–Crippen LogP) is 1.53. The van der Waals surface area contributed by atoms with Crippen molar-refractivity contribution in [2.45, 2.75) is 26.9 Å². The Morgan fingerprint density at radius 3 is 3.06 bits per heavy atom. The largest absolute Gasteiger partial charge is 0.310 e. The molecule has 0 saturated heterocycles. The number of thiophene rings is 1. The molecule has 92 valence electrons. The molecular weight excluding hydrogens is 234 g/mol. The van der Waals surface area contributed by atoms with Gasteiger partial charge < -0.3 is 5.32 Å². The van der Waals surface area contributed by atoms with E-state index in [0.717, 1.165) is 25.5 Å². The second-order valence-corrected chi connectivity index (χ2v) is 5.19. The first kappa shape index (κ1) is 12.2. The van der Waals surface area contributed by atoms with Gasteiger partial charge in [-0.3, -0.25) is 0 Å². The van der Waals surface area contributed by atoms with Gasteiger partial charge in [0.05, 0.1) is 13.1 Å². The summed E-state index contributed by atoms with van der Waals surface area (Å²) < 4.78 is 1.84. The highest BCUT2D eigenvalue weighted by atomic mass is 32.1. The van der Waals surface area contributed by atoms with Crippen LogP contribution in [0.1, 0.15) is 25.2 Å². The molecule has 5 nitrogen and oxygen atoms in total. The monoisotopic (exact) mass is 251 g/mol. The smallest absolute Gasteiger partial charge is 0.165 e. The molecule has 0 radical (unpaired) electrons. The number of aromatic nitrogens is 4. The van der Waals surface area contributed by atoms with Crippen molar-refractivity contribution < 1.29 is 0 Å². The van der Waals surface area contributed by atoms with Crippen molar-refractivity contribution in [3.63, 3.8) is 0 Å². The number of hydrogen-bond acceptors (Lipinski definition) is 5. The summed E-state index contributed by atoms with van der Waals surface area (Å²) in [6.07, 6.45) is 0. The average Bonchev–Trinajstić information content (AvgIpc) is 2.91.